The van der Waals surface area contributed by atoms with Crippen LogP contribution in [0.3, 0.4) is 0 Å². The number of aryl methyl sites for hydroxylation is 1. The molecule has 0 radical (unpaired) electrons. The van der Waals surface area contributed by atoms with E-state index in [1.54, 1.807) is 0 Å². The van der Waals surface area contributed by atoms with Crippen LogP contribution in [0.5, 0.6) is 0 Å². The minimum Gasteiger partial charge on any atom is -0.453 e. The molecule has 1 aliphatic rings. The average molecular weight is 257 g/mol. The van der Waals surface area contributed by atoms with E-state index in [4.69, 9.17) is 10.2 Å². The number of hydrogen-bond acceptors (Lipinski definition) is 3. The van der Waals surface area contributed by atoms with Gasteiger partial charge in [-0.05, 0) is 44.4 Å². The van der Waals surface area contributed by atoms with Crippen molar-refractivity contribution in [3.05, 3.63) is 35.6 Å². The predicted octanol–water partition coefficient (Wildman–Crippen LogP) is 3.44. The number of rotatable bonds is 2. The molecule has 1 heterocycles. The third-order valence-corrected chi connectivity index (χ3v) is 4.00. The Balaban J connectivity index is 1.88. The lowest BCUT2D eigenvalue weighted by Crippen LogP contribution is -2.31. The molecule has 2 aromatic rings. The van der Waals surface area contributed by atoms with E-state index in [9.17, 15) is 4.79 Å². The molecule has 1 fully saturated rings. The molecule has 1 aliphatic carbocycles. The fraction of sp³-hybridized carbons (Fsp3) is 0.438. The molecule has 19 heavy (non-hydrogen) atoms. The molecule has 2 N–H and O–H groups in total. The molecule has 0 aliphatic heterocycles. The van der Waals surface area contributed by atoms with Crippen molar-refractivity contribution in [1.29, 1.82) is 0 Å². The maximum absolute atomic E-state index is 12.5. The molecule has 3 heteroatoms. The van der Waals surface area contributed by atoms with Crippen LogP contribution in [0.25, 0.3) is 11.0 Å². The molecule has 3 rings (SSSR count). The van der Waals surface area contributed by atoms with Crippen LogP contribution in [0.1, 0.15) is 41.8 Å². The van der Waals surface area contributed by atoms with Gasteiger partial charge < -0.3 is 10.2 Å². The van der Waals surface area contributed by atoms with E-state index in [0.717, 1.165) is 36.7 Å². The van der Waals surface area contributed by atoms with E-state index in [1.807, 2.05) is 31.2 Å². The summed E-state index contributed by atoms with van der Waals surface area (Å²) in [4.78, 5) is 12.5. The van der Waals surface area contributed by atoms with Gasteiger partial charge in [-0.3, -0.25) is 4.79 Å². The molecular formula is C16H19NO2. The lowest BCUT2D eigenvalue weighted by Gasteiger charge is -2.24. The van der Waals surface area contributed by atoms with Crippen molar-refractivity contribution in [1.82, 2.24) is 0 Å². The summed E-state index contributed by atoms with van der Waals surface area (Å²) in [6.07, 6.45) is 3.79. The number of fused-ring (bicyclic) bond motifs is 1. The van der Waals surface area contributed by atoms with Crippen LogP contribution in [0, 0.1) is 12.8 Å². The van der Waals surface area contributed by atoms with Crippen molar-refractivity contribution >= 4 is 16.8 Å². The second-order valence-electron chi connectivity index (χ2n) is 5.64. The fourth-order valence-corrected chi connectivity index (χ4v) is 2.95. The second-order valence-corrected chi connectivity index (χ2v) is 5.64. The third kappa shape index (κ3) is 2.43. The maximum Gasteiger partial charge on any atom is 0.201 e. The van der Waals surface area contributed by atoms with E-state index in [0.29, 0.717) is 5.76 Å². The number of Topliss-reactive ketones (excluding diaryl/α,β-unsaturated/α-hetero) is 1. The number of carbonyl (C=O) groups is 1. The Morgan fingerprint density at radius 3 is 2.95 bits per heavy atom. The second kappa shape index (κ2) is 4.82. The fourth-order valence-electron chi connectivity index (χ4n) is 2.95. The van der Waals surface area contributed by atoms with Gasteiger partial charge in [-0.15, -0.1) is 0 Å². The van der Waals surface area contributed by atoms with Gasteiger partial charge in [0.25, 0.3) is 0 Å². The quantitative estimate of drug-likeness (QED) is 0.838. The summed E-state index contributed by atoms with van der Waals surface area (Å²) in [5.74, 6) is 0.633. The van der Waals surface area contributed by atoms with Crippen LogP contribution < -0.4 is 5.73 Å². The molecule has 1 saturated carbocycles. The Labute approximate surface area is 112 Å². The zero-order valence-corrected chi connectivity index (χ0v) is 11.2. The lowest BCUT2D eigenvalue weighted by atomic mass is 9.83. The summed E-state index contributed by atoms with van der Waals surface area (Å²) in [5, 5.41) is 1.00. The molecule has 100 valence electrons. The highest BCUT2D eigenvalue weighted by Crippen LogP contribution is 2.29. The van der Waals surface area contributed by atoms with Crippen LogP contribution in [0.2, 0.25) is 0 Å². The highest BCUT2D eigenvalue weighted by Gasteiger charge is 2.28. The van der Waals surface area contributed by atoms with Crippen LogP contribution in [0.4, 0.5) is 0 Å². The first kappa shape index (κ1) is 12.4. The van der Waals surface area contributed by atoms with Crippen LogP contribution in [0.15, 0.2) is 28.7 Å². The highest BCUT2D eigenvalue weighted by molar-refractivity contribution is 5.99. The highest BCUT2D eigenvalue weighted by atomic mass is 16.3. The Bertz CT molecular complexity index is 614. The molecule has 2 atom stereocenters. The van der Waals surface area contributed by atoms with Crippen molar-refractivity contribution in [3.8, 4) is 0 Å². The first-order valence-corrected chi connectivity index (χ1v) is 6.93. The van der Waals surface area contributed by atoms with Gasteiger partial charge >= 0.3 is 0 Å². The molecule has 1 aromatic heterocycles. The number of ketones is 1. The Kier molecular flexibility index (Phi) is 3.15. The van der Waals surface area contributed by atoms with Gasteiger partial charge in [0, 0.05) is 17.3 Å². The number of furan rings is 1. The number of nitrogens with two attached hydrogens (primary N) is 1. The molecule has 2 unspecified atom stereocenters. The molecule has 0 bridgehead atoms. The summed E-state index contributed by atoms with van der Waals surface area (Å²) in [5.41, 5.74) is 7.91. The molecule has 0 spiro atoms. The minimum absolute atomic E-state index is 0.0328. The molecular weight excluding hydrogens is 238 g/mol. The number of hydrogen-bond donors (Lipinski definition) is 1. The van der Waals surface area contributed by atoms with Crippen molar-refractivity contribution < 1.29 is 9.21 Å². The Hall–Kier alpha value is -1.61. The summed E-state index contributed by atoms with van der Waals surface area (Å²) in [6, 6.07) is 7.99. The summed E-state index contributed by atoms with van der Waals surface area (Å²) >= 11 is 0. The molecule has 1 aromatic carbocycles. The van der Waals surface area contributed by atoms with Gasteiger partial charge in [0.1, 0.15) is 5.58 Å². The standard InChI is InChI=1S/C16H19NO2/c1-10-5-6-14-12(7-10)9-15(19-14)16(18)11-3-2-4-13(17)8-11/h5-7,9,11,13H,2-4,8,17H2,1H3. The van der Waals surface area contributed by atoms with Crippen LogP contribution in [-0.4, -0.2) is 11.8 Å². The maximum atomic E-state index is 12.5. The van der Waals surface area contributed by atoms with Crippen LogP contribution in [-0.2, 0) is 0 Å². The SMILES string of the molecule is Cc1ccc2oc(C(=O)C3CCCC(N)C3)cc2c1. The predicted molar refractivity (Wildman–Crippen MR) is 75.2 cm³/mol. The first-order valence-electron chi connectivity index (χ1n) is 6.93. The van der Waals surface area contributed by atoms with Crippen molar-refractivity contribution in [3.63, 3.8) is 0 Å². The van der Waals surface area contributed by atoms with Crippen molar-refractivity contribution in [2.24, 2.45) is 11.7 Å². The summed E-state index contributed by atoms with van der Waals surface area (Å²) < 4.78 is 5.68. The normalized spacial score (nSPS) is 23.7. The first-order chi connectivity index (χ1) is 9.13. The van der Waals surface area contributed by atoms with Gasteiger partial charge in [0.05, 0.1) is 0 Å². The van der Waals surface area contributed by atoms with E-state index in [-0.39, 0.29) is 17.7 Å². The zero-order chi connectivity index (χ0) is 13.4. The van der Waals surface area contributed by atoms with Gasteiger partial charge in [-0.2, -0.15) is 0 Å². The molecule has 0 amide bonds. The van der Waals surface area contributed by atoms with Gasteiger partial charge in [-0.25, -0.2) is 0 Å². The number of carbonyl (C=O) groups excluding carboxylic acids is 1. The van der Waals surface area contributed by atoms with Crippen molar-refractivity contribution in [2.45, 2.75) is 38.6 Å². The summed E-state index contributed by atoms with van der Waals surface area (Å²) in [6.45, 7) is 2.04. The smallest absolute Gasteiger partial charge is 0.201 e. The topological polar surface area (TPSA) is 56.2 Å². The van der Waals surface area contributed by atoms with E-state index in [1.165, 1.54) is 5.56 Å². The van der Waals surface area contributed by atoms with Gasteiger partial charge in [0.2, 0.25) is 5.78 Å². The largest absolute Gasteiger partial charge is 0.453 e. The number of benzene rings is 1. The molecule has 3 nitrogen and oxygen atoms in total. The van der Waals surface area contributed by atoms with E-state index in [2.05, 4.69) is 0 Å². The zero-order valence-electron chi connectivity index (χ0n) is 11.2. The van der Waals surface area contributed by atoms with Gasteiger partial charge in [0.15, 0.2) is 5.76 Å². The average Bonchev–Trinajstić information content (AvgIpc) is 2.80. The monoisotopic (exact) mass is 257 g/mol. The van der Waals surface area contributed by atoms with E-state index < -0.39 is 0 Å². The summed E-state index contributed by atoms with van der Waals surface area (Å²) in [7, 11) is 0. The molecule has 0 saturated heterocycles. The van der Waals surface area contributed by atoms with Crippen molar-refractivity contribution in [2.75, 3.05) is 0 Å². The Morgan fingerprint density at radius 2 is 2.16 bits per heavy atom. The van der Waals surface area contributed by atoms with Crippen LogP contribution >= 0.6 is 0 Å². The third-order valence-electron chi connectivity index (χ3n) is 4.00. The minimum atomic E-state index is 0.0328. The Morgan fingerprint density at radius 1 is 1.32 bits per heavy atom. The lowest BCUT2D eigenvalue weighted by molar-refractivity contribution is 0.0855. The van der Waals surface area contributed by atoms with Gasteiger partial charge in [-0.1, -0.05) is 18.1 Å². The van der Waals surface area contributed by atoms with E-state index >= 15 is 0 Å².